The van der Waals surface area contributed by atoms with Crippen molar-refractivity contribution in [2.24, 2.45) is 7.05 Å². The van der Waals surface area contributed by atoms with Crippen LogP contribution >= 0.6 is 0 Å². The molecule has 2 N–H and O–H groups in total. The number of urea groups is 1. The Labute approximate surface area is 126 Å². The van der Waals surface area contributed by atoms with Gasteiger partial charge in [0, 0.05) is 39.1 Å². The van der Waals surface area contributed by atoms with E-state index in [-0.39, 0.29) is 18.0 Å². The molecule has 0 aliphatic carbocycles. The summed E-state index contributed by atoms with van der Waals surface area (Å²) in [5, 5.41) is 5.51. The minimum absolute atomic E-state index is 0.0431. The Bertz CT molecular complexity index is 482. The number of amides is 3. The zero-order valence-electron chi connectivity index (χ0n) is 13.5. The Hall–Kier alpha value is -1.98. The van der Waals surface area contributed by atoms with Gasteiger partial charge in [0.05, 0.1) is 0 Å². The first kappa shape index (κ1) is 17.1. The van der Waals surface area contributed by atoms with Crippen LogP contribution in [0.5, 0.6) is 0 Å². The summed E-state index contributed by atoms with van der Waals surface area (Å²) in [6.45, 7) is 3.64. The molecule has 21 heavy (non-hydrogen) atoms. The molecule has 0 unspecified atom stereocenters. The van der Waals surface area contributed by atoms with Gasteiger partial charge >= 0.3 is 6.03 Å². The van der Waals surface area contributed by atoms with Crippen LogP contribution in [-0.4, -0.2) is 47.6 Å². The van der Waals surface area contributed by atoms with Crippen molar-refractivity contribution < 1.29 is 9.59 Å². The number of nitrogens with one attached hydrogen (secondary N) is 2. The first-order valence-electron chi connectivity index (χ1n) is 7.19. The van der Waals surface area contributed by atoms with Crippen LogP contribution in [0, 0.1) is 0 Å². The van der Waals surface area contributed by atoms with Gasteiger partial charge in [0.1, 0.15) is 6.04 Å². The Morgan fingerprint density at radius 3 is 2.48 bits per heavy atom. The SMILES string of the molecule is C[C@@H](CCc1cccn1C)NC(=O)N[C@H](C)C(=O)N(C)C. The normalized spacial score (nSPS) is 13.4. The van der Waals surface area contributed by atoms with Crippen molar-refractivity contribution in [2.45, 2.75) is 38.8 Å². The fourth-order valence-electron chi connectivity index (χ4n) is 2.10. The zero-order valence-corrected chi connectivity index (χ0v) is 13.5. The lowest BCUT2D eigenvalue weighted by atomic mass is 10.1. The number of likely N-dealkylation sites (N-methyl/N-ethyl adjacent to an activating group) is 1. The predicted molar refractivity (Wildman–Crippen MR) is 83.0 cm³/mol. The van der Waals surface area contributed by atoms with Gasteiger partial charge < -0.3 is 20.1 Å². The van der Waals surface area contributed by atoms with E-state index in [1.165, 1.54) is 10.6 Å². The second kappa shape index (κ2) is 7.71. The number of hydrogen-bond acceptors (Lipinski definition) is 2. The van der Waals surface area contributed by atoms with Gasteiger partial charge in [0.2, 0.25) is 5.91 Å². The molecule has 0 fully saturated rings. The molecule has 0 bridgehead atoms. The smallest absolute Gasteiger partial charge is 0.315 e. The van der Waals surface area contributed by atoms with Crippen molar-refractivity contribution in [1.29, 1.82) is 0 Å². The largest absolute Gasteiger partial charge is 0.354 e. The van der Waals surface area contributed by atoms with E-state index in [4.69, 9.17) is 0 Å². The fraction of sp³-hybridized carbons (Fsp3) is 0.600. The molecular formula is C15H26N4O2. The van der Waals surface area contributed by atoms with Gasteiger partial charge in [0.15, 0.2) is 0 Å². The van der Waals surface area contributed by atoms with E-state index in [2.05, 4.69) is 21.3 Å². The van der Waals surface area contributed by atoms with Crippen LogP contribution in [0.15, 0.2) is 18.3 Å². The van der Waals surface area contributed by atoms with Crippen molar-refractivity contribution in [1.82, 2.24) is 20.1 Å². The van der Waals surface area contributed by atoms with Gasteiger partial charge in [-0.05, 0) is 38.8 Å². The minimum atomic E-state index is -0.528. The third-order valence-electron chi connectivity index (χ3n) is 3.42. The molecule has 1 rings (SSSR count). The second-order valence-corrected chi connectivity index (χ2v) is 5.62. The standard InChI is InChI=1S/C15H26N4O2/c1-11(8-9-13-7-6-10-19(13)5)16-15(21)17-12(2)14(20)18(3)4/h6-7,10-12H,8-9H2,1-5H3,(H2,16,17,21)/t11-,12+/m0/s1. The summed E-state index contributed by atoms with van der Waals surface area (Å²) in [7, 11) is 5.34. The lowest BCUT2D eigenvalue weighted by Gasteiger charge is -2.20. The molecule has 0 saturated heterocycles. The Kier molecular flexibility index (Phi) is 6.27. The van der Waals surface area contributed by atoms with Crippen LogP contribution in [0.3, 0.4) is 0 Å². The molecule has 0 aliphatic rings. The van der Waals surface area contributed by atoms with Crippen molar-refractivity contribution in [2.75, 3.05) is 14.1 Å². The van der Waals surface area contributed by atoms with Gasteiger partial charge in [-0.3, -0.25) is 4.79 Å². The summed E-state index contributed by atoms with van der Waals surface area (Å²) in [6.07, 6.45) is 3.76. The summed E-state index contributed by atoms with van der Waals surface area (Å²) >= 11 is 0. The highest BCUT2D eigenvalue weighted by Gasteiger charge is 2.17. The number of carbonyl (C=O) groups excluding carboxylic acids is 2. The molecule has 0 spiro atoms. The van der Waals surface area contributed by atoms with Crippen LogP contribution in [0.4, 0.5) is 4.79 Å². The number of nitrogens with zero attached hydrogens (tertiary/aromatic N) is 2. The lowest BCUT2D eigenvalue weighted by Crippen LogP contribution is -2.49. The van der Waals surface area contributed by atoms with E-state index >= 15 is 0 Å². The zero-order chi connectivity index (χ0) is 16.0. The molecule has 0 saturated carbocycles. The summed E-state index contributed by atoms with van der Waals surface area (Å²) in [4.78, 5) is 24.9. The Morgan fingerprint density at radius 2 is 1.95 bits per heavy atom. The molecule has 1 aromatic rings. The molecule has 2 atom stereocenters. The number of carbonyl (C=O) groups is 2. The maximum atomic E-state index is 11.8. The monoisotopic (exact) mass is 294 g/mol. The van der Waals surface area contributed by atoms with Crippen LogP contribution in [0.25, 0.3) is 0 Å². The van der Waals surface area contributed by atoms with Crippen LogP contribution < -0.4 is 10.6 Å². The summed E-state index contributed by atoms with van der Waals surface area (Å²) < 4.78 is 2.07. The molecule has 0 radical (unpaired) electrons. The molecule has 6 heteroatoms. The molecule has 1 heterocycles. The third-order valence-corrected chi connectivity index (χ3v) is 3.42. The topological polar surface area (TPSA) is 66.4 Å². The number of hydrogen-bond donors (Lipinski definition) is 2. The number of aromatic nitrogens is 1. The first-order chi connectivity index (χ1) is 9.81. The van der Waals surface area contributed by atoms with Gasteiger partial charge in [-0.1, -0.05) is 0 Å². The van der Waals surface area contributed by atoms with Gasteiger partial charge in [-0.15, -0.1) is 0 Å². The van der Waals surface area contributed by atoms with E-state index in [1.54, 1.807) is 21.0 Å². The highest BCUT2D eigenvalue weighted by molar-refractivity contribution is 5.86. The molecule has 1 aromatic heterocycles. The van der Waals surface area contributed by atoms with Crippen molar-refractivity contribution in [3.63, 3.8) is 0 Å². The second-order valence-electron chi connectivity index (χ2n) is 5.62. The van der Waals surface area contributed by atoms with Crippen LogP contribution in [0.2, 0.25) is 0 Å². The molecular weight excluding hydrogens is 268 g/mol. The first-order valence-corrected chi connectivity index (χ1v) is 7.19. The lowest BCUT2D eigenvalue weighted by molar-refractivity contribution is -0.130. The summed E-state index contributed by atoms with van der Waals surface area (Å²) in [5.74, 6) is -0.124. The highest BCUT2D eigenvalue weighted by Crippen LogP contribution is 2.05. The van der Waals surface area contributed by atoms with Crippen molar-refractivity contribution >= 4 is 11.9 Å². The Morgan fingerprint density at radius 1 is 1.29 bits per heavy atom. The average Bonchev–Trinajstić information content (AvgIpc) is 2.80. The minimum Gasteiger partial charge on any atom is -0.354 e. The van der Waals surface area contributed by atoms with E-state index in [0.717, 1.165) is 12.8 Å². The average molecular weight is 294 g/mol. The van der Waals surface area contributed by atoms with E-state index in [9.17, 15) is 9.59 Å². The molecule has 118 valence electrons. The molecule has 0 aliphatic heterocycles. The maximum Gasteiger partial charge on any atom is 0.315 e. The number of rotatable bonds is 6. The van der Waals surface area contributed by atoms with Crippen molar-refractivity contribution in [3.05, 3.63) is 24.0 Å². The van der Waals surface area contributed by atoms with Gasteiger partial charge in [-0.2, -0.15) is 0 Å². The van der Waals surface area contributed by atoms with Crippen molar-refractivity contribution in [3.8, 4) is 0 Å². The summed E-state index contributed by atoms with van der Waals surface area (Å²) in [5.41, 5.74) is 1.24. The number of aryl methyl sites for hydroxylation is 2. The Balaban J connectivity index is 2.34. The van der Waals surface area contributed by atoms with E-state index in [1.807, 2.05) is 26.2 Å². The molecule has 3 amide bonds. The summed E-state index contributed by atoms with van der Waals surface area (Å²) in [6, 6.07) is 3.29. The quantitative estimate of drug-likeness (QED) is 0.826. The van der Waals surface area contributed by atoms with Gasteiger partial charge in [-0.25, -0.2) is 4.79 Å². The maximum absolute atomic E-state index is 11.8. The van der Waals surface area contributed by atoms with Gasteiger partial charge in [0.25, 0.3) is 0 Å². The molecule has 6 nitrogen and oxygen atoms in total. The molecule has 0 aromatic carbocycles. The third kappa shape index (κ3) is 5.49. The van der Waals surface area contributed by atoms with E-state index in [0.29, 0.717) is 0 Å². The van der Waals surface area contributed by atoms with Crippen LogP contribution in [-0.2, 0) is 18.3 Å². The fourth-order valence-corrected chi connectivity index (χ4v) is 2.10. The van der Waals surface area contributed by atoms with Crippen LogP contribution in [0.1, 0.15) is 26.0 Å². The predicted octanol–water partition coefficient (Wildman–Crippen LogP) is 1.12. The van der Waals surface area contributed by atoms with E-state index < -0.39 is 6.04 Å². The highest BCUT2D eigenvalue weighted by atomic mass is 16.2.